The Balaban J connectivity index is 2.00. The van der Waals surface area contributed by atoms with E-state index in [9.17, 15) is 4.79 Å². The second kappa shape index (κ2) is 6.69. The molecule has 0 bridgehead atoms. The molecule has 6 nitrogen and oxygen atoms in total. The van der Waals surface area contributed by atoms with Crippen molar-refractivity contribution in [3.63, 3.8) is 0 Å². The molecule has 21 heavy (non-hydrogen) atoms. The Hall–Kier alpha value is -1.92. The third-order valence-electron chi connectivity index (χ3n) is 2.97. The Labute approximate surface area is 127 Å². The molecule has 0 saturated heterocycles. The molecule has 0 aliphatic carbocycles. The van der Waals surface area contributed by atoms with Crippen LogP contribution in [0.25, 0.3) is 11.5 Å². The zero-order valence-corrected chi connectivity index (χ0v) is 12.5. The molecule has 1 aromatic heterocycles. The summed E-state index contributed by atoms with van der Waals surface area (Å²) < 4.78 is 5.57. The first-order valence-corrected chi connectivity index (χ1v) is 6.83. The number of carboxylic acid groups (broad SMARTS) is 1. The number of nitrogens with zero attached hydrogens (tertiary/aromatic N) is 3. The van der Waals surface area contributed by atoms with Gasteiger partial charge < -0.3 is 9.52 Å². The highest BCUT2D eigenvalue weighted by atomic mass is 35.5. The monoisotopic (exact) mass is 309 g/mol. The van der Waals surface area contributed by atoms with E-state index in [0.717, 1.165) is 5.56 Å². The van der Waals surface area contributed by atoms with E-state index in [1.807, 2.05) is 11.9 Å². The maximum absolute atomic E-state index is 10.8. The van der Waals surface area contributed by atoms with E-state index in [-0.39, 0.29) is 0 Å². The van der Waals surface area contributed by atoms with Crippen LogP contribution in [-0.4, -0.2) is 39.8 Å². The maximum atomic E-state index is 10.8. The molecule has 112 valence electrons. The first kappa shape index (κ1) is 15.5. The Kier molecular flexibility index (Phi) is 4.93. The Morgan fingerprint density at radius 1 is 1.38 bits per heavy atom. The number of aromatic nitrogens is 2. The molecule has 7 heteroatoms. The van der Waals surface area contributed by atoms with Crippen LogP contribution in [0, 0.1) is 5.92 Å². The van der Waals surface area contributed by atoms with Gasteiger partial charge in [-0.15, -0.1) is 10.2 Å². The molecule has 0 fully saturated rings. The van der Waals surface area contributed by atoms with Gasteiger partial charge in [0.25, 0.3) is 0 Å². The summed E-state index contributed by atoms with van der Waals surface area (Å²) in [4.78, 5) is 12.6. The number of aliphatic carboxylic acids is 1. The van der Waals surface area contributed by atoms with Crippen molar-refractivity contribution in [1.29, 1.82) is 0 Å². The lowest BCUT2D eigenvalue weighted by Crippen LogP contribution is -2.28. The van der Waals surface area contributed by atoms with Crippen molar-refractivity contribution < 1.29 is 14.3 Å². The van der Waals surface area contributed by atoms with Gasteiger partial charge >= 0.3 is 5.97 Å². The minimum Gasteiger partial charge on any atom is -0.481 e. The van der Waals surface area contributed by atoms with E-state index >= 15 is 0 Å². The van der Waals surface area contributed by atoms with Crippen LogP contribution in [0.5, 0.6) is 0 Å². The van der Waals surface area contributed by atoms with Crippen molar-refractivity contribution in [2.45, 2.75) is 13.5 Å². The molecular formula is C14H16ClN3O3. The standard InChI is InChI=1S/C14H16ClN3O3/c1-9(14(19)20)7-18(2)8-12-16-17-13(21-12)10-3-5-11(15)6-4-10/h3-6,9H,7-8H2,1-2H3,(H,19,20). The van der Waals surface area contributed by atoms with Crippen LogP contribution in [0.2, 0.25) is 5.02 Å². The summed E-state index contributed by atoms with van der Waals surface area (Å²) in [6, 6.07) is 7.11. The second-order valence-electron chi connectivity index (χ2n) is 4.94. The molecule has 2 aromatic rings. The third-order valence-corrected chi connectivity index (χ3v) is 3.22. The fourth-order valence-electron chi connectivity index (χ4n) is 1.87. The van der Waals surface area contributed by atoms with E-state index < -0.39 is 11.9 Å². The highest BCUT2D eigenvalue weighted by molar-refractivity contribution is 6.30. The number of hydrogen-bond acceptors (Lipinski definition) is 5. The molecule has 1 unspecified atom stereocenters. The van der Waals surface area contributed by atoms with Gasteiger partial charge in [0.1, 0.15) is 0 Å². The lowest BCUT2D eigenvalue weighted by Gasteiger charge is -2.16. The lowest BCUT2D eigenvalue weighted by molar-refractivity contribution is -0.141. The quantitative estimate of drug-likeness (QED) is 0.883. The van der Waals surface area contributed by atoms with E-state index in [4.69, 9.17) is 21.1 Å². The predicted octanol–water partition coefficient (Wildman–Crippen LogP) is 2.54. The molecular weight excluding hydrogens is 294 g/mol. The normalized spacial score (nSPS) is 12.6. The van der Waals surface area contributed by atoms with Crippen LogP contribution in [0.3, 0.4) is 0 Å². The van der Waals surface area contributed by atoms with Crippen molar-refractivity contribution in [3.05, 3.63) is 35.2 Å². The van der Waals surface area contributed by atoms with Gasteiger partial charge in [-0.3, -0.25) is 9.69 Å². The fraction of sp³-hybridized carbons (Fsp3) is 0.357. The predicted molar refractivity (Wildman–Crippen MR) is 77.9 cm³/mol. The highest BCUT2D eigenvalue weighted by Gasteiger charge is 2.16. The number of rotatable bonds is 6. The van der Waals surface area contributed by atoms with Gasteiger partial charge in [0, 0.05) is 17.1 Å². The van der Waals surface area contributed by atoms with Gasteiger partial charge in [0.05, 0.1) is 12.5 Å². The summed E-state index contributed by atoms with van der Waals surface area (Å²) in [6.07, 6.45) is 0. The molecule has 0 saturated carbocycles. The van der Waals surface area contributed by atoms with E-state index in [1.54, 1.807) is 31.2 Å². The van der Waals surface area contributed by atoms with Crippen LogP contribution in [0.15, 0.2) is 28.7 Å². The summed E-state index contributed by atoms with van der Waals surface area (Å²) in [6.45, 7) is 2.47. The molecule has 1 aromatic carbocycles. The first-order valence-electron chi connectivity index (χ1n) is 6.45. The molecule has 0 aliphatic rings. The fourth-order valence-corrected chi connectivity index (χ4v) is 1.99. The van der Waals surface area contributed by atoms with Crippen LogP contribution < -0.4 is 0 Å². The zero-order chi connectivity index (χ0) is 15.4. The lowest BCUT2D eigenvalue weighted by atomic mass is 10.2. The summed E-state index contributed by atoms with van der Waals surface area (Å²) in [5.74, 6) is -0.413. The third kappa shape index (κ3) is 4.27. The molecule has 0 aliphatic heterocycles. The molecule has 0 radical (unpaired) electrons. The van der Waals surface area contributed by atoms with Crippen molar-refractivity contribution >= 4 is 17.6 Å². The van der Waals surface area contributed by atoms with Crippen molar-refractivity contribution in [3.8, 4) is 11.5 Å². The van der Waals surface area contributed by atoms with Gasteiger partial charge in [0.15, 0.2) is 0 Å². The highest BCUT2D eigenvalue weighted by Crippen LogP contribution is 2.20. The summed E-state index contributed by atoms with van der Waals surface area (Å²) in [7, 11) is 1.81. The van der Waals surface area contributed by atoms with Gasteiger partial charge in [-0.2, -0.15) is 0 Å². The zero-order valence-electron chi connectivity index (χ0n) is 11.8. The SMILES string of the molecule is CC(CN(C)Cc1nnc(-c2ccc(Cl)cc2)o1)C(=O)O. The van der Waals surface area contributed by atoms with Gasteiger partial charge in [-0.1, -0.05) is 18.5 Å². The Morgan fingerprint density at radius 2 is 2.05 bits per heavy atom. The second-order valence-corrected chi connectivity index (χ2v) is 5.38. The number of benzene rings is 1. The summed E-state index contributed by atoms with van der Waals surface area (Å²) in [5, 5.41) is 17.5. The molecule has 0 amide bonds. The van der Waals surface area contributed by atoms with Crippen LogP contribution >= 0.6 is 11.6 Å². The Bertz CT molecular complexity index is 612. The molecule has 1 heterocycles. The van der Waals surface area contributed by atoms with E-state index in [1.165, 1.54) is 0 Å². The molecule has 1 atom stereocenters. The number of carbonyl (C=O) groups is 1. The number of carboxylic acids is 1. The van der Waals surface area contributed by atoms with Crippen LogP contribution in [0.4, 0.5) is 0 Å². The van der Waals surface area contributed by atoms with Crippen LogP contribution in [0.1, 0.15) is 12.8 Å². The minimum atomic E-state index is -0.825. The van der Waals surface area contributed by atoms with E-state index in [0.29, 0.717) is 29.9 Å². The van der Waals surface area contributed by atoms with E-state index in [2.05, 4.69) is 10.2 Å². The van der Waals surface area contributed by atoms with Crippen molar-refractivity contribution in [2.75, 3.05) is 13.6 Å². The molecule has 2 rings (SSSR count). The maximum Gasteiger partial charge on any atom is 0.307 e. The van der Waals surface area contributed by atoms with Crippen molar-refractivity contribution in [1.82, 2.24) is 15.1 Å². The average molecular weight is 310 g/mol. The van der Waals surface area contributed by atoms with Gasteiger partial charge in [-0.25, -0.2) is 0 Å². The van der Waals surface area contributed by atoms with Gasteiger partial charge in [0.2, 0.25) is 11.8 Å². The number of hydrogen-bond donors (Lipinski definition) is 1. The first-order chi connectivity index (χ1) is 9.95. The summed E-state index contributed by atoms with van der Waals surface area (Å²) in [5.41, 5.74) is 0.791. The van der Waals surface area contributed by atoms with Gasteiger partial charge in [-0.05, 0) is 31.3 Å². The number of halogens is 1. The van der Waals surface area contributed by atoms with Crippen LogP contribution in [-0.2, 0) is 11.3 Å². The topological polar surface area (TPSA) is 79.5 Å². The average Bonchev–Trinajstić information content (AvgIpc) is 2.87. The molecule has 1 N–H and O–H groups in total. The van der Waals surface area contributed by atoms with Crippen molar-refractivity contribution in [2.24, 2.45) is 5.92 Å². The molecule has 0 spiro atoms. The largest absolute Gasteiger partial charge is 0.481 e. The Morgan fingerprint density at radius 3 is 2.67 bits per heavy atom. The minimum absolute atomic E-state index is 0.401. The summed E-state index contributed by atoms with van der Waals surface area (Å²) >= 11 is 5.83. The smallest absolute Gasteiger partial charge is 0.307 e.